The van der Waals surface area contributed by atoms with Crippen LogP contribution in [0.25, 0.3) is 0 Å². The number of morpholine rings is 1. The van der Waals surface area contributed by atoms with Gasteiger partial charge in [-0.05, 0) is 55.5 Å². The average Bonchev–Trinajstić information content (AvgIpc) is 3.19. The number of benzene rings is 1. The van der Waals surface area contributed by atoms with Crippen molar-refractivity contribution in [1.29, 1.82) is 0 Å². The lowest BCUT2D eigenvalue weighted by molar-refractivity contribution is 0.0730. The maximum atomic E-state index is 12.8. The van der Waals surface area contributed by atoms with E-state index >= 15 is 0 Å². The Kier molecular flexibility index (Phi) is 7.24. The minimum atomic E-state index is -3.71. The summed E-state index contributed by atoms with van der Waals surface area (Å²) in [6.45, 7) is 1.24. The molecule has 2 amide bonds. The predicted molar refractivity (Wildman–Crippen MR) is 121 cm³/mol. The predicted octanol–water partition coefficient (Wildman–Crippen LogP) is 2.50. The van der Waals surface area contributed by atoms with Crippen LogP contribution in [0, 0.1) is 0 Å². The number of ether oxygens (including phenoxy) is 1. The highest BCUT2D eigenvalue weighted by Gasteiger charge is 2.27. The zero-order valence-corrected chi connectivity index (χ0v) is 19.4. The van der Waals surface area contributed by atoms with Gasteiger partial charge in [0.1, 0.15) is 0 Å². The van der Waals surface area contributed by atoms with E-state index in [4.69, 9.17) is 4.74 Å². The molecule has 0 saturated carbocycles. The number of hydrogen-bond donors (Lipinski definition) is 2. The molecule has 2 aliphatic rings. The third kappa shape index (κ3) is 5.20. The van der Waals surface area contributed by atoms with Gasteiger partial charge in [-0.25, -0.2) is 8.42 Å². The number of carbonyl (C=O) groups excluding carboxylic acids is 2. The number of amides is 2. The number of hydrogen-bond acceptors (Lipinski definition) is 6. The van der Waals surface area contributed by atoms with Gasteiger partial charge in [0.15, 0.2) is 0 Å². The van der Waals surface area contributed by atoms with Crippen LogP contribution in [0.3, 0.4) is 0 Å². The zero-order valence-electron chi connectivity index (χ0n) is 17.8. The fourth-order valence-electron chi connectivity index (χ4n) is 3.94. The quantitative estimate of drug-likeness (QED) is 0.659. The molecule has 0 atom stereocenters. The fourth-order valence-corrected chi connectivity index (χ4v) is 6.54. The second-order valence-corrected chi connectivity index (χ2v) is 11.0. The van der Waals surface area contributed by atoms with Crippen molar-refractivity contribution in [3.63, 3.8) is 0 Å². The summed E-state index contributed by atoms with van der Waals surface area (Å²) in [5, 5.41) is 0. The highest BCUT2D eigenvalue weighted by atomic mass is 32.2. The third-order valence-corrected chi connectivity index (χ3v) is 8.84. The average molecular weight is 478 g/mol. The van der Waals surface area contributed by atoms with Gasteiger partial charge in [-0.15, -0.1) is 11.3 Å². The third-order valence-electron chi connectivity index (χ3n) is 5.71. The largest absolute Gasteiger partial charge is 0.379 e. The van der Waals surface area contributed by atoms with Crippen molar-refractivity contribution in [2.75, 3.05) is 26.3 Å². The Morgan fingerprint density at radius 2 is 1.66 bits per heavy atom. The molecule has 4 rings (SSSR count). The van der Waals surface area contributed by atoms with Gasteiger partial charge in [-0.1, -0.05) is 18.9 Å². The van der Waals surface area contributed by atoms with Gasteiger partial charge in [0.2, 0.25) is 10.0 Å². The number of fused-ring (bicyclic) bond motifs is 1. The van der Waals surface area contributed by atoms with Crippen LogP contribution < -0.4 is 10.9 Å². The lowest BCUT2D eigenvalue weighted by Crippen LogP contribution is -2.42. The molecule has 10 heteroatoms. The first-order valence-corrected chi connectivity index (χ1v) is 13.1. The van der Waals surface area contributed by atoms with Crippen LogP contribution in [0.4, 0.5) is 0 Å². The highest BCUT2D eigenvalue weighted by molar-refractivity contribution is 7.89. The molecule has 2 heterocycles. The summed E-state index contributed by atoms with van der Waals surface area (Å²) in [4.78, 5) is 27.0. The van der Waals surface area contributed by atoms with Crippen LogP contribution in [0.5, 0.6) is 0 Å². The minimum absolute atomic E-state index is 0.0384. The van der Waals surface area contributed by atoms with Crippen LogP contribution >= 0.6 is 11.3 Å². The Morgan fingerprint density at radius 1 is 0.938 bits per heavy atom. The topological polar surface area (TPSA) is 105 Å². The summed E-state index contributed by atoms with van der Waals surface area (Å²) in [5.41, 5.74) is 6.23. The van der Waals surface area contributed by atoms with E-state index < -0.39 is 15.9 Å². The number of sulfonamides is 1. The van der Waals surface area contributed by atoms with E-state index in [0.717, 1.165) is 25.7 Å². The molecule has 0 unspecified atom stereocenters. The maximum absolute atomic E-state index is 12.8. The SMILES string of the molecule is O=C(NNC(=O)c1cc2c(s1)CCCCCC2)c1cccc(S(=O)(=O)N2CCOCC2)c1. The van der Waals surface area contributed by atoms with E-state index in [2.05, 4.69) is 10.9 Å². The van der Waals surface area contributed by atoms with E-state index in [0.29, 0.717) is 18.1 Å². The van der Waals surface area contributed by atoms with Crippen molar-refractivity contribution >= 4 is 33.2 Å². The maximum Gasteiger partial charge on any atom is 0.279 e. The molecule has 1 aliphatic heterocycles. The first-order valence-electron chi connectivity index (χ1n) is 10.9. The number of carbonyl (C=O) groups is 2. The summed E-state index contributed by atoms with van der Waals surface area (Å²) in [5.74, 6) is -0.945. The Bertz CT molecular complexity index is 1070. The fraction of sp³-hybridized carbons (Fsp3) is 0.455. The molecule has 1 fully saturated rings. The lowest BCUT2D eigenvalue weighted by atomic mass is 10.00. The van der Waals surface area contributed by atoms with Gasteiger partial charge in [0.05, 0.1) is 23.0 Å². The van der Waals surface area contributed by atoms with Crippen molar-refractivity contribution in [3.8, 4) is 0 Å². The van der Waals surface area contributed by atoms with E-state index in [1.165, 1.54) is 63.2 Å². The monoisotopic (exact) mass is 477 g/mol. The second-order valence-electron chi connectivity index (χ2n) is 7.93. The van der Waals surface area contributed by atoms with Crippen LogP contribution in [0.1, 0.15) is 56.2 Å². The summed E-state index contributed by atoms with van der Waals surface area (Å²) in [7, 11) is -3.71. The van der Waals surface area contributed by atoms with Gasteiger partial charge in [-0.2, -0.15) is 4.31 Å². The molecule has 32 heavy (non-hydrogen) atoms. The van der Waals surface area contributed by atoms with Crippen molar-refractivity contribution in [2.24, 2.45) is 0 Å². The smallest absolute Gasteiger partial charge is 0.279 e. The van der Waals surface area contributed by atoms with Crippen molar-refractivity contribution in [3.05, 3.63) is 51.2 Å². The Morgan fingerprint density at radius 3 is 2.44 bits per heavy atom. The number of thiophene rings is 1. The summed E-state index contributed by atoms with van der Waals surface area (Å²) in [6.07, 6.45) is 6.67. The Balaban J connectivity index is 1.40. The molecule has 172 valence electrons. The number of nitrogens with one attached hydrogen (secondary N) is 2. The molecule has 1 aromatic heterocycles. The lowest BCUT2D eigenvalue weighted by Gasteiger charge is -2.26. The summed E-state index contributed by atoms with van der Waals surface area (Å²) < 4.78 is 32.2. The van der Waals surface area contributed by atoms with E-state index in [9.17, 15) is 18.0 Å². The molecule has 0 spiro atoms. The molecule has 1 saturated heterocycles. The Hall–Kier alpha value is -2.27. The molecule has 8 nitrogen and oxygen atoms in total. The van der Waals surface area contributed by atoms with E-state index in [1.807, 2.05) is 6.07 Å². The van der Waals surface area contributed by atoms with Crippen LogP contribution in [-0.2, 0) is 27.6 Å². The summed E-state index contributed by atoms with van der Waals surface area (Å²) in [6, 6.07) is 7.73. The molecule has 0 radical (unpaired) electrons. The van der Waals surface area contributed by atoms with Gasteiger partial charge >= 0.3 is 0 Å². The zero-order chi connectivity index (χ0) is 22.6. The molecule has 1 aliphatic carbocycles. The van der Waals surface area contributed by atoms with E-state index in [1.54, 1.807) is 0 Å². The van der Waals surface area contributed by atoms with E-state index in [-0.39, 0.29) is 29.5 Å². The first-order chi connectivity index (χ1) is 15.4. The number of aryl methyl sites for hydroxylation is 2. The normalized spacial score (nSPS) is 17.6. The van der Waals surface area contributed by atoms with Crippen molar-refractivity contribution in [1.82, 2.24) is 15.2 Å². The van der Waals surface area contributed by atoms with Gasteiger partial charge in [0.25, 0.3) is 11.8 Å². The molecular formula is C22H27N3O5S2. The van der Waals surface area contributed by atoms with Gasteiger partial charge in [-0.3, -0.25) is 20.4 Å². The number of nitrogens with zero attached hydrogens (tertiary/aromatic N) is 1. The van der Waals surface area contributed by atoms with Crippen LogP contribution in [0.15, 0.2) is 35.2 Å². The van der Waals surface area contributed by atoms with Crippen LogP contribution in [0.2, 0.25) is 0 Å². The van der Waals surface area contributed by atoms with Crippen molar-refractivity contribution in [2.45, 2.75) is 43.4 Å². The number of hydrazine groups is 1. The number of rotatable bonds is 4. The Labute approximate surface area is 192 Å². The molecule has 0 bridgehead atoms. The molecule has 1 aromatic carbocycles. The highest BCUT2D eigenvalue weighted by Crippen LogP contribution is 2.28. The minimum Gasteiger partial charge on any atom is -0.379 e. The molecule has 2 aromatic rings. The van der Waals surface area contributed by atoms with Gasteiger partial charge < -0.3 is 4.74 Å². The van der Waals surface area contributed by atoms with Gasteiger partial charge in [0, 0.05) is 23.5 Å². The molecule has 2 N–H and O–H groups in total. The standard InChI is InChI=1S/C22H27N3O5S2/c26-21(17-7-5-8-18(14-17)32(28,29)25-10-12-30-13-11-25)23-24-22(27)20-15-16-6-3-1-2-4-9-19(16)31-20/h5,7-8,14-15H,1-4,6,9-13H2,(H,23,26)(H,24,27). The summed E-state index contributed by atoms with van der Waals surface area (Å²) >= 11 is 1.48. The molecular weight excluding hydrogens is 450 g/mol. The van der Waals surface area contributed by atoms with Crippen LogP contribution in [-0.4, -0.2) is 50.8 Å². The first kappa shape index (κ1) is 22.9. The second kappa shape index (κ2) is 10.1. The van der Waals surface area contributed by atoms with Crippen molar-refractivity contribution < 1.29 is 22.7 Å².